The van der Waals surface area contributed by atoms with Gasteiger partial charge in [-0.2, -0.15) is 0 Å². The van der Waals surface area contributed by atoms with Crippen LogP contribution < -0.4 is 5.32 Å². The summed E-state index contributed by atoms with van der Waals surface area (Å²) in [7, 11) is -3.16. The highest BCUT2D eigenvalue weighted by Crippen LogP contribution is 2.35. The maximum atomic E-state index is 11.8. The van der Waals surface area contributed by atoms with Gasteiger partial charge < -0.3 is 5.32 Å². The van der Waals surface area contributed by atoms with Crippen LogP contribution in [-0.4, -0.2) is 48.1 Å². The molecule has 0 saturated carbocycles. The summed E-state index contributed by atoms with van der Waals surface area (Å²) in [6.45, 7) is 1.06. The molecule has 1 saturated heterocycles. The normalized spacial score (nSPS) is 18.9. The van der Waals surface area contributed by atoms with Crippen molar-refractivity contribution in [1.29, 1.82) is 0 Å². The molecule has 0 radical (unpaired) electrons. The van der Waals surface area contributed by atoms with Gasteiger partial charge in [-0.1, -0.05) is 30.3 Å². The SMILES string of the molecule is CS(=O)(=O)N1CCCC(Nc2ncnc3sc(-c4ccccc4)cc23)C1. The molecule has 1 unspecified atom stereocenters. The van der Waals surface area contributed by atoms with Crippen LogP contribution in [0.2, 0.25) is 0 Å². The second kappa shape index (κ2) is 6.94. The Labute approximate surface area is 157 Å². The lowest BCUT2D eigenvalue weighted by molar-refractivity contribution is 0.329. The zero-order chi connectivity index (χ0) is 18.1. The average Bonchev–Trinajstić information content (AvgIpc) is 3.07. The van der Waals surface area contributed by atoms with E-state index in [1.165, 1.54) is 10.6 Å². The number of rotatable bonds is 4. The first-order valence-electron chi connectivity index (χ1n) is 8.52. The number of nitrogens with one attached hydrogen (secondary N) is 1. The number of aromatic nitrogens is 2. The number of thiophene rings is 1. The Balaban J connectivity index is 1.62. The van der Waals surface area contributed by atoms with Gasteiger partial charge in [0, 0.05) is 24.0 Å². The van der Waals surface area contributed by atoms with Gasteiger partial charge in [0.15, 0.2) is 0 Å². The minimum atomic E-state index is -3.16. The summed E-state index contributed by atoms with van der Waals surface area (Å²) >= 11 is 1.63. The van der Waals surface area contributed by atoms with Gasteiger partial charge in [-0.15, -0.1) is 11.3 Å². The lowest BCUT2D eigenvalue weighted by atomic mass is 10.1. The number of piperidine rings is 1. The fraction of sp³-hybridized carbons (Fsp3) is 0.333. The highest BCUT2D eigenvalue weighted by Gasteiger charge is 2.26. The van der Waals surface area contributed by atoms with Gasteiger partial charge >= 0.3 is 0 Å². The Morgan fingerprint density at radius 2 is 2.04 bits per heavy atom. The molecule has 2 aromatic heterocycles. The molecule has 1 aliphatic rings. The van der Waals surface area contributed by atoms with Crippen molar-refractivity contribution in [2.75, 3.05) is 24.7 Å². The molecule has 1 aromatic carbocycles. The molecule has 1 fully saturated rings. The Bertz CT molecular complexity index is 1020. The van der Waals surface area contributed by atoms with Crippen LogP contribution >= 0.6 is 11.3 Å². The number of nitrogens with zero attached hydrogens (tertiary/aromatic N) is 3. The third kappa shape index (κ3) is 3.58. The van der Waals surface area contributed by atoms with Crippen molar-refractivity contribution in [3.8, 4) is 10.4 Å². The third-order valence-electron chi connectivity index (χ3n) is 4.58. The first-order chi connectivity index (χ1) is 12.5. The van der Waals surface area contributed by atoms with Crippen LogP contribution in [0.3, 0.4) is 0 Å². The Morgan fingerprint density at radius 1 is 1.23 bits per heavy atom. The summed E-state index contributed by atoms with van der Waals surface area (Å²) in [4.78, 5) is 10.9. The molecule has 6 nitrogen and oxygen atoms in total. The van der Waals surface area contributed by atoms with Gasteiger partial charge in [0.2, 0.25) is 10.0 Å². The first-order valence-corrected chi connectivity index (χ1v) is 11.2. The van der Waals surface area contributed by atoms with E-state index in [2.05, 4.69) is 33.5 Å². The summed E-state index contributed by atoms with van der Waals surface area (Å²) in [6.07, 6.45) is 4.60. The van der Waals surface area contributed by atoms with Crippen molar-refractivity contribution in [3.63, 3.8) is 0 Å². The molecular formula is C18H20N4O2S2. The summed E-state index contributed by atoms with van der Waals surface area (Å²) in [5.74, 6) is 0.772. The molecule has 0 aliphatic carbocycles. The fourth-order valence-corrected chi connectivity index (χ4v) is 5.19. The van der Waals surface area contributed by atoms with Crippen LogP contribution in [0.1, 0.15) is 12.8 Å². The number of fused-ring (bicyclic) bond motifs is 1. The van der Waals surface area contributed by atoms with E-state index >= 15 is 0 Å². The number of benzene rings is 1. The van der Waals surface area contributed by atoms with Gasteiger partial charge in [0.1, 0.15) is 17.0 Å². The Hall–Kier alpha value is -2.03. The summed E-state index contributed by atoms with van der Waals surface area (Å²) in [5.41, 5.74) is 1.15. The lowest BCUT2D eigenvalue weighted by Crippen LogP contribution is -2.44. The van der Waals surface area contributed by atoms with E-state index in [1.54, 1.807) is 17.7 Å². The average molecular weight is 389 g/mol. The smallest absolute Gasteiger partial charge is 0.211 e. The number of sulfonamides is 1. The van der Waals surface area contributed by atoms with E-state index in [0.717, 1.165) is 39.3 Å². The molecule has 8 heteroatoms. The monoisotopic (exact) mass is 388 g/mol. The van der Waals surface area contributed by atoms with Crippen LogP contribution in [0, 0.1) is 0 Å². The fourth-order valence-electron chi connectivity index (χ4n) is 3.27. The van der Waals surface area contributed by atoms with Crippen LogP contribution in [0.25, 0.3) is 20.7 Å². The third-order valence-corrected chi connectivity index (χ3v) is 6.94. The molecule has 3 heterocycles. The van der Waals surface area contributed by atoms with Gasteiger partial charge in [-0.25, -0.2) is 22.7 Å². The predicted molar refractivity (Wildman–Crippen MR) is 106 cm³/mol. The van der Waals surface area contributed by atoms with E-state index in [1.807, 2.05) is 18.2 Å². The topological polar surface area (TPSA) is 75.2 Å². The predicted octanol–water partition coefficient (Wildman–Crippen LogP) is 3.19. The molecule has 4 rings (SSSR count). The van der Waals surface area contributed by atoms with Crippen molar-refractivity contribution in [3.05, 3.63) is 42.7 Å². The number of hydrogen-bond acceptors (Lipinski definition) is 6. The molecular weight excluding hydrogens is 368 g/mol. The van der Waals surface area contributed by atoms with Crippen LogP contribution in [0.4, 0.5) is 5.82 Å². The van der Waals surface area contributed by atoms with Gasteiger partial charge in [0.25, 0.3) is 0 Å². The summed E-state index contributed by atoms with van der Waals surface area (Å²) < 4.78 is 25.2. The minimum absolute atomic E-state index is 0.0525. The quantitative estimate of drug-likeness (QED) is 0.743. The van der Waals surface area contributed by atoms with Gasteiger partial charge in [0.05, 0.1) is 11.6 Å². The number of anilines is 1. The Kier molecular flexibility index (Phi) is 4.64. The van der Waals surface area contributed by atoms with Gasteiger partial charge in [-0.3, -0.25) is 0 Å². The maximum Gasteiger partial charge on any atom is 0.211 e. The molecule has 1 atom stereocenters. The highest BCUT2D eigenvalue weighted by atomic mass is 32.2. The summed E-state index contributed by atoms with van der Waals surface area (Å²) in [6, 6.07) is 12.4. The minimum Gasteiger partial charge on any atom is -0.365 e. The second-order valence-corrected chi connectivity index (χ2v) is 9.54. The van der Waals surface area contributed by atoms with Crippen molar-refractivity contribution >= 4 is 37.4 Å². The zero-order valence-corrected chi connectivity index (χ0v) is 16.1. The molecule has 1 N–H and O–H groups in total. The van der Waals surface area contributed by atoms with Crippen LogP contribution in [0.5, 0.6) is 0 Å². The van der Waals surface area contributed by atoms with Crippen molar-refractivity contribution in [2.24, 2.45) is 0 Å². The molecule has 3 aromatic rings. The van der Waals surface area contributed by atoms with Crippen molar-refractivity contribution < 1.29 is 8.42 Å². The van der Waals surface area contributed by atoms with E-state index < -0.39 is 10.0 Å². The molecule has 1 aliphatic heterocycles. The van der Waals surface area contributed by atoms with Crippen molar-refractivity contribution in [1.82, 2.24) is 14.3 Å². The Morgan fingerprint density at radius 3 is 2.81 bits per heavy atom. The van der Waals surface area contributed by atoms with E-state index in [0.29, 0.717) is 13.1 Å². The van der Waals surface area contributed by atoms with Crippen LogP contribution in [-0.2, 0) is 10.0 Å². The molecule has 0 spiro atoms. The van der Waals surface area contributed by atoms with E-state index in [4.69, 9.17) is 0 Å². The maximum absolute atomic E-state index is 11.8. The molecule has 0 bridgehead atoms. The summed E-state index contributed by atoms with van der Waals surface area (Å²) in [5, 5.41) is 4.42. The molecule has 26 heavy (non-hydrogen) atoms. The number of hydrogen-bond donors (Lipinski definition) is 1. The largest absolute Gasteiger partial charge is 0.365 e. The van der Waals surface area contributed by atoms with Crippen LogP contribution in [0.15, 0.2) is 42.7 Å². The zero-order valence-electron chi connectivity index (χ0n) is 14.4. The van der Waals surface area contributed by atoms with Gasteiger partial charge in [-0.05, 0) is 24.5 Å². The van der Waals surface area contributed by atoms with Crippen molar-refractivity contribution in [2.45, 2.75) is 18.9 Å². The molecule has 136 valence electrons. The van der Waals surface area contributed by atoms with E-state index in [9.17, 15) is 8.42 Å². The van der Waals surface area contributed by atoms with E-state index in [-0.39, 0.29) is 6.04 Å². The lowest BCUT2D eigenvalue weighted by Gasteiger charge is -2.31. The first kappa shape index (κ1) is 17.4. The second-order valence-electron chi connectivity index (χ2n) is 6.52. The molecule has 0 amide bonds. The highest BCUT2D eigenvalue weighted by molar-refractivity contribution is 7.88. The standard InChI is InChI=1S/C18H20N4O2S2/c1-26(23,24)22-9-5-8-14(11-22)21-17-15-10-16(13-6-3-2-4-7-13)25-18(15)20-12-19-17/h2-4,6-7,10,12,14H,5,8-9,11H2,1H3,(H,19,20,21).